The highest BCUT2D eigenvalue weighted by molar-refractivity contribution is 8.00. The van der Waals surface area contributed by atoms with Crippen LogP contribution in [0.3, 0.4) is 0 Å². The maximum Gasteiger partial charge on any atom is 0.255 e. The average molecular weight is 421 g/mol. The lowest BCUT2D eigenvalue weighted by Gasteiger charge is -2.06. The van der Waals surface area contributed by atoms with Gasteiger partial charge in [-0.15, -0.1) is 11.3 Å². The lowest BCUT2D eigenvalue weighted by molar-refractivity contribution is 0.102. The lowest BCUT2D eigenvalue weighted by Crippen LogP contribution is -2.11. The summed E-state index contributed by atoms with van der Waals surface area (Å²) in [5.74, 6) is 0.228. The molecule has 1 aromatic heterocycles. The zero-order valence-electron chi connectivity index (χ0n) is 15.3. The fourth-order valence-electron chi connectivity index (χ4n) is 2.70. The van der Waals surface area contributed by atoms with Gasteiger partial charge in [0.2, 0.25) is 0 Å². The number of nitrogens with zero attached hydrogens (tertiary/aromatic N) is 1. The van der Waals surface area contributed by atoms with E-state index in [1.165, 1.54) is 24.3 Å². The summed E-state index contributed by atoms with van der Waals surface area (Å²) < 4.78 is 14.0. The van der Waals surface area contributed by atoms with Crippen LogP contribution in [0.5, 0.6) is 0 Å². The van der Waals surface area contributed by atoms with Crippen molar-refractivity contribution in [1.82, 2.24) is 4.98 Å². The molecule has 4 aromatic rings. The molecule has 0 bridgehead atoms. The quantitative estimate of drug-likeness (QED) is 0.362. The zero-order valence-corrected chi connectivity index (χ0v) is 17.0. The molecular weight excluding hydrogens is 403 g/mol. The van der Waals surface area contributed by atoms with Gasteiger partial charge in [-0.2, -0.15) is 0 Å². The molecule has 4 rings (SSSR count). The van der Waals surface area contributed by atoms with Crippen molar-refractivity contribution in [3.05, 3.63) is 101 Å². The van der Waals surface area contributed by atoms with Gasteiger partial charge in [0, 0.05) is 27.9 Å². The Balaban J connectivity index is 1.34. The SMILES string of the molecule is O=C(Nc1ccc(F)cc1)c1ccc(CSc2nc(-c3ccccc3)cs2)cc1. The molecule has 0 unspecified atom stereocenters. The van der Waals surface area contributed by atoms with Crippen molar-refractivity contribution in [1.29, 1.82) is 0 Å². The van der Waals surface area contributed by atoms with Crippen LogP contribution in [-0.4, -0.2) is 10.9 Å². The zero-order chi connectivity index (χ0) is 20.1. The number of carbonyl (C=O) groups is 1. The Morgan fingerprint density at radius 1 is 0.966 bits per heavy atom. The monoisotopic (exact) mass is 420 g/mol. The van der Waals surface area contributed by atoms with Crippen LogP contribution >= 0.6 is 23.1 Å². The van der Waals surface area contributed by atoms with E-state index in [4.69, 9.17) is 0 Å². The van der Waals surface area contributed by atoms with Gasteiger partial charge in [0.25, 0.3) is 5.91 Å². The molecule has 0 saturated carbocycles. The maximum absolute atomic E-state index is 13.0. The molecule has 0 fully saturated rings. The number of aromatic nitrogens is 1. The molecule has 0 aliphatic rings. The Labute approximate surface area is 176 Å². The number of anilines is 1. The topological polar surface area (TPSA) is 42.0 Å². The van der Waals surface area contributed by atoms with Gasteiger partial charge in [0.05, 0.1) is 5.69 Å². The number of carbonyl (C=O) groups excluding carboxylic acids is 1. The van der Waals surface area contributed by atoms with Crippen molar-refractivity contribution < 1.29 is 9.18 Å². The summed E-state index contributed by atoms with van der Waals surface area (Å²) in [5.41, 5.74) is 4.35. The van der Waals surface area contributed by atoms with Gasteiger partial charge in [0.1, 0.15) is 5.82 Å². The molecule has 0 atom stereocenters. The van der Waals surface area contributed by atoms with E-state index in [0.717, 1.165) is 26.9 Å². The van der Waals surface area contributed by atoms with Crippen LogP contribution in [0.25, 0.3) is 11.3 Å². The van der Waals surface area contributed by atoms with Gasteiger partial charge >= 0.3 is 0 Å². The van der Waals surface area contributed by atoms with E-state index in [-0.39, 0.29) is 11.7 Å². The third-order valence-electron chi connectivity index (χ3n) is 4.23. The number of halogens is 1. The Kier molecular flexibility index (Phi) is 6.03. The van der Waals surface area contributed by atoms with Crippen molar-refractivity contribution in [2.24, 2.45) is 0 Å². The van der Waals surface area contributed by atoms with E-state index in [2.05, 4.69) is 27.8 Å². The van der Waals surface area contributed by atoms with Crippen molar-refractivity contribution in [3.63, 3.8) is 0 Å². The molecule has 3 aromatic carbocycles. The van der Waals surface area contributed by atoms with E-state index < -0.39 is 0 Å². The highest BCUT2D eigenvalue weighted by Gasteiger charge is 2.08. The summed E-state index contributed by atoms with van der Waals surface area (Å²) in [5, 5.41) is 4.83. The first-order valence-corrected chi connectivity index (χ1v) is 10.8. The fraction of sp³-hybridized carbons (Fsp3) is 0.0435. The van der Waals surface area contributed by atoms with Crippen LogP contribution in [0, 0.1) is 5.82 Å². The summed E-state index contributed by atoms with van der Waals surface area (Å²) >= 11 is 3.31. The Bertz CT molecular complexity index is 1090. The molecule has 0 saturated heterocycles. The molecule has 29 heavy (non-hydrogen) atoms. The summed E-state index contributed by atoms with van der Waals surface area (Å²) in [4.78, 5) is 17.0. The minimum atomic E-state index is -0.332. The normalized spacial score (nSPS) is 10.7. The van der Waals surface area contributed by atoms with Gasteiger partial charge in [-0.25, -0.2) is 9.37 Å². The first-order chi connectivity index (χ1) is 14.2. The molecule has 144 valence electrons. The molecular formula is C23H17FN2OS2. The number of benzene rings is 3. The third kappa shape index (κ3) is 5.10. The maximum atomic E-state index is 13.0. The van der Waals surface area contributed by atoms with Crippen LogP contribution in [0.2, 0.25) is 0 Å². The van der Waals surface area contributed by atoms with Gasteiger partial charge < -0.3 is 5.32 Å². The van der Waals surface area contributed by atoms with E-state index in [9.17, 15) is 9.18 Å². The number of amides is 1. The molecule has 1 heterocycles. The highest BCUT2D eigenvalue weighted by atomic mass is 32.2. The lowest BCUT2D eigenvalue weighted by atomic mass is 10.1. The van der Waals surface area contributed by atoms with E-state index in [1.807, 2.05) is 30.3 Å². The minimum Gasteiger partial charge on any atom is -0.322 e. The Hall–Kier alpha value is -2.96. The molecule has 0 spiro atoms. The summed E-state index contributed by atoms with van der Waals surface area (Å²) in [7, 11) is 0. The second-order valence-corrected chi connectivity index (χ2v) is 8.39. The Morgan fingerprint density at radius 2 is 1.69 bits per heavy atom. The van der Waals surface area contributed by atoms with Crippen LogP contribution in [0.1, 0.15) is 15.9 Å². The van der Waals surface area contributed by atoms with E-state index in [0.29, 0.717) is 11.3 Å². The third-order valence-corrected chi connectivity index (χ3v) is 6.33. The fourth-order valence-corrected chi connectivity index (χ4v) is 4.49. The van der Waals surface area contributed by atoms with Crippen LogP contribution in [0.4, 0.5) is 10.1 Å². The highest BCUT2D eigenvalue weighted by Crippen LogP contribution is 2.30. The molecule has 3 nitrogen and oxygen atoms in total. The van der Waals surface area contributed by atoms with Crippen molar-refractivity contribution in [2.45, 2.75) is 10.1 Å². The number of nitrogens with one attached hydrogen (secondary N) is 1. The van der Waals surface area contributed by atoms with Crippen molar-refractivity contribution in [2.75, 3.05) is 5.32 Å². The van der Waals surface area contributed by atoms with Crippen molar-refractivity contribution >= 4 is 34.7 Å². The predicted molar refractivity (Wildman–Crippen MR) is 118 cm³/mol. The summed E-state index contributed by atoms with van der Waals surface area (Å²) in [6.07, 6.45) is 0. The average Bonchev–Trinajstić information content (AvgIpc) is 3.24. The summed E-state index contributed by atoms with van der Waals surface area (Å²) in [6, 6.07) is 23.3. The molecule has 1 N–H and O–H groups in total. The molecule has 1 amide bonds. The summed E-state index contributed by atoms with van der Waals surface area (Å²) in [6.45, 7) is 0. The first kappa shape index (κ1) is 19.4. The van der Waals surface area contributed by atoms with Gasteiger partial charge in [0.15, 0.2) is 4.34 Å². The number of hydrogen-bond donors (Lipinski definition) is 1. The second-order valence-electron chi connectivity index (χ2n) is 6.31. The van der Waals surface area contributed by atoms with Gasteiger partial charge in [-0.05, 0) is 42.0 Å². The standard InChI is InChI=1S/C23H17FN2OS2/c24-19-10-12-20(13-11-19)25-22(27)18-8-6-16(7-9-18)14-28-23-26-21(15-29-23)17-4-2-1-3-5-17/h1-13,15H,14H2,(H,25,27). The molecule has 6 heteroatoms. The van der Waals surface area contributed by atoms with Crippen LogP contribution < -0.4 is 5.32 Å². The molecule has 0 radical (unpaired) electrons. The van der Waals surface area contributed by atoms with Gasteiger partial charge in [-0.1, -0.05) is 54.2 Å². The second kappa shape index (κ2) is 9.03. The number of thioether (sulfide) groups is 1. The first-order valence-electron chi connectivity index (χ1n) is 8.97. The van der Waals surface area contributed by atoms with Crippen LogP contribution in [-0.2, 0) is 5.75 Å². The van der Waals surface area contributed by atoms with E-state index >= 15 is 0 Å². The predicted octanol–water partition coefficient (Wildman–Crippen LogP) is 6.49. The smallest absolute Gasteiger partial charge is 0.255 e. The Morgan fingerprint density at radius 3 is 2.41 bits per heavy atom. The van der Waals surface area contributed by atoms with Crippen LogP contribution in [0.15, 0.2) is 88.6 Å². The largest absolute Gasteiger partial charge is 0.322 e. The number of hydrogen-bond acceptors (Lipinski definition) is 4. The van der Waals surface area contributed by atoms with E-state index in [1.54, 1.807) is 35.2 Å². The minimum absolute atomic E-state index is 0.219. The van der Waals surface area contributed by atoms with Gasteiger partial charge in [-0.3, -0.25) is 4.79 Å². The molecule has 0 aliphatic carbocycles. The molecule has 0 aliphatic heterocycles. The number of thiazole rings is 1. The number of rotatable bonds is 6. The van der Waals surface area contributed by atoms with Crippen molar-refractivity contribution in [3.8, 4) is 11.3 Å².